The molecule has 3 aromatic carbocycles. The average molecular weight is 604 g/mol. The van der Waals surface area contributed by atoms with Crippen LogP contribution in [0.4, 0.5) is 5.69 Å². The van der Waals surface area contributed by atoms with Crippen LogP contribution in [0, 0.1) is 13.8 Å². The molecule has 0 spiro atoms. The summed E-state index contributed by atoms with van der Waals surface area (Å²) in [5, 5.41) is 3.27. The fourth-order valence-corrected chi connectivity index (χ4v) is 6.67. The molecule has 1 fully saturated rings. The molecular formula is C35H45N3O4S. The van der Waals surface area contributed by atoms with E-state index >= 15 is 0 Å². The summed E-state index contributed by atoms with van der Waals surface area (Å²) in [6.45, 7) is 4.43. The van der Waals surface area contributed by atoms with E-state index in [1.807, 2.05) is 80.6 Å². The molecular weight excluding hydrogens is 558 g/mol. The van der Waals surface area contributed by atoms with Gasteiger partial charge in [0.15, 0.2) is 0 Å². The Hall–Kier alpha value is -3.65. The van der Waals surface area contributed by atoms with Gasteiger partial charge in [-0.2, -0.15) is 0 Å². The third kappa shape index (κ3) is 9.68. The minimum absolute atomic E-state index is 0.117. The van der Waals surface area contributed by atoms with Gasteiger partial charge in [0.1, 0.15) is 6.04 Å². The van der Waals surface area contributed by atoms with Crippen molar-refractivity contribution in [1.29, 1.82) is 0 Å². The van der Waals surface area contributed by atoms with Crippen molar-refractivity contribution in [2.24, 2.45) is 0 Å². The number of anilines is 1. The van der Waals surface area contributed by atoms with E-state index in [4.69, 9.17) is 0 Å². The quantitative estimate of drug-likeness (QED) is 0.262. The summed E-state index contributed by atoms with van der Waals surface area (Å²) < 4.78 is 26.7. The topological polar surface area (TPSA) is 86.8 Å². The largest absolute Gasteiger partial charge is 0.352 e. The fraction of sp³-hybridized carbons (Fsp3) is 0.429. The van der Waals surface area contributed by atoms with Gasteiger partial charge in [-0.25, -0.2) is 8.42 Å². The summed E-state index contributed by atoms with van der Waals surface area (Å²) in [6, 6.07) is 24.6. The maximum absolute atomic E-state index is 14.0. The number of hydrogen-bond acceptors (Lipinski definition) is 4. The first-order chi connectivity index (χ1) is 20.6. The number of aryl methyl sites for hydroxylation is 2. The van der Waals surface area contributed by atoms with Gasteiger partial charge in [-0.05, 0) is 56.4 Å². The molecule has 230 valence electrons. The van der Waals surface area contributed by atoms with Crippen molar-refractivity contribution in [1.82, 2.24) is 10.2 Å². The molecule has 1 saturated carbocycles. The van der Waals surface area contributed by atoms with Gasteiger partial charge in [-0.3, -0.25) is 13.9 Å². The van der Waals surface area contributed by atoms with E-state index in [9.17, 15) is 18.0 Å². The normalized spacial score (nSPS) is 14.6. The maximum atomic E-state index is 14.0. The molecule has 0 radical (unpaired) electrons. The molecule has 0 aliphatic heterocycles. The summed E-state index contributed by atoms with van der Waals surface area (Å²) in [5.74, 6) is -0.300. The number of carbonyl (C=O) groups is 2. The zero-order valence-corrected chi connectivity index (χ0v) is 26.5. The lowest BCUT2D eigenvalue weighted by atomic mass is 9.94. The second kappa shape index (κ2) is 15.2. The van der Waals surface area contributed by atoms with Crippen LogP contribution in [-0.2, 0) is 32.6 Å². The number of carbonyl (C=O) groups excluding carboxylic acids is 2. The lowest BCUT2D eigenvalue weighted by Crippen LogP contribution is -2.52. The minimum Gasteiger partial charge on any atom is -0.352 e. The standard InChI is InChI=1S/C35H45N3O4S/c1-27-16-20-30(21-17-27)26-37(34(39)15-10-24-38(43(3,41)42)32-22-18-28(2)19-23-32)33(25-29-11-6-4-7-12-29)35(40)36-31-13-8-5-9-14-31/h4,6-7,11-12,16-23,31,33H,5,8-10,13-15,24-26H2,1-3H3,(H,36,40)/t33-/m1/s1. The Bertz CT molecular complexity index is 1430. The van der Waals surface area contributed by atoms with Crippen LogP contribution in [0.25, 0.3) is 0 Å². The van der Waals surface area contributed by atoms with E-state index in [1.54, 1.807) is 17.0 Å². The molecule has 4 rings (SSSR count). The summed E-state index contributed by atoms with van der Waals surface area (Å²) in [7, 11) is -3.54. The van der Waals surface area contributed by atoms with E-state index in [2.05, 4.69) is 5.32 Å². The summed E-state index contributed by atoms with van der Waals surface area (Å²) in [5.41, 5.74) is 4.66. The molecule has 43 heavy (non-hydrogen) atoms. The monoisotopic (exact) mass is 603 g/mol. The van der Waals surface area contributed by atoms with E-state index in [0.29, 0.717) is 25.1 Å². The number of rotatable bonds is 13. The van der Waals surface area contributed by atoms with Gasteiger partial charge in [0.25, 0.3) is 0 Å². The van der Waals surface area contributed by atoms with Crippen LogP contribution >= 0.6 is 0 Å². The minimum atomic E-state index is -3.54. The molecule has 0 bridgehead atoms. The molecule has 0 saturated heterocycles. The predicted octanol–water partition coefficient (Wildman–Crippen LogP) is 5.94. The first-order valence-corrected chi connectivity index (χ1v) is 17.2. The Morgan fingerprint density at radius 3 is 2.05 bits per heavy atom. The van der Waals surface area contributed by atoms with Crippen LogP contribution in [0.15, 0.2) is 78.9 Å². The molecule has 0 heterocycles. The van der Waals surface area contributed by atoms with Crippen LogP contribution in [-0.4, -0.2) is 50.0 Å². The van der Waals surface area contributed by atoms with E-state index in [1.165, 1.54) is 17.0 Å². The summed E-state index contributed by atoms with van der Waals surface area (Å²) in [4.78, 5) is 29.7. The number of sulfonamides is 1. The van der Waals surface area contributed by atoms with Crippen molar-refractivity contribution in [2.45, 2.75) is 83.8 Å². The fourth-order valence-electron chi connectivity index (χ4n) is 5.70. The van der Waals surface area contributed by atoms with Crippen LogP contribution in [0.1, 0.15) is 67.2 Å². The number of nitrogens with one attached hydrogen (secondary N) is 1. The smallest absolute Gasteiger partial charge is 0.243 e. The molecule has 7 nitrogen and oxygen atoms in total. The lowest BCUT2D eigenvalue weighted by molar-refractivity contribution is -0.141. The Labute approximate surface area is 257 Å². The predicted molar refractivity (Wildman–Crippen MR) is 173 cm³/mol. The molecule has 1 N–H and O–H groups in total. The third-order valence-electron chi connectivity index (χ3n) is 8.17. The first-order valence-electron chi connectivity index (χ1n) is 15.3. The van der Waals surface area contributed by atoms with E-state index in [-0.39, 0.29) is 30.8 Å². The zero-order chi connectivity index (χ0) is 30.8. The van der Waals surface area contributed by atoms with Gasteiger partial charge in [0, 0.05) is 32.0 Å². The lowest BCUT2D eigenvalue weighted by Gasteiger charge is -2.34. The van der Waals surface area contributed by atoms with Gasteiger partial charge >= 0.3 is 0 Å². The molecule has 1 atom stereocenters. The van der Waals surface area contributed by atoms with Gasteiger partial charge in [0.2, 0.25) is 21.8 Å². The van der Waals surface area contributed by atoms with Crippen LogP contribution < -0.4 is 9.62 Å². The highest BCUT2D eigenvalue weighted by Crippen LogP contribution is 2.22. The van der Waals surface area contributed by atoms with Crippen LogP contribution in [0.2, 0.25) is 0 Å². The number of benzene rings is 3. The molecule has 0 unspecified atom stereocenters. The van der Waals surface area contributed by atoms with Gasteiger partial charge in [-0.1, -0.05) is 97.1 Å². The second-order valence-electron chi connectivity index (χ2n) is 11.8. The zero-order valence-electron chi connectivity index (χ0n) is 25.7. The molecule has 8 heteroatoms. The maximum Gasteiger partial charge on any atom is 0.243 e. The summed E-state index contributed by atoms with van der Waals surface area (Å²) in [6.07, 6.45) is 7.31. The van der Waals surface area contributed by atoms with Crippen LogP contribution in [0.3, 0.4) is 0 Å². The number of hydrogen-bond donors (Lipinski definition) is 1. The van der Waals surface area contributed by atoms with Crippen molar-refractivity contribution in [2.75, 3.05) is 17.1 Å². The van der Waals surface area contributed by atoms with Gasteiger partial charge in [0.05, 0.1) is 11.9 Å². The van der Waals surface area contributed by atoms with Crippen molar-refractivity contribution < 1.29 is 18.0 Å². The summed E-state index contributed by atoms with van der Waals surface area (Å²) >= 11 is 0. The van der Waals surface area contributed by atoms with E-state index < -0.39 is 16.1 Å². The van der Waals surface area contributed by atoms with Crippen molar-refractivity contribution in [3.8, 4) is 0 Å². The Balaban J connectivity index is 1.58. The van der Waals surface area contributed by atoms with Gasteiger partial charge < -0.3 is 10.2 Å². The molecule has 0 aromatic heterocycles. The van der Waals surface area contributed by atoms with E-state index in [0.717, 1.165) is 47.9 Å². The Kier molecular flexibility index (Phi) is 11.4. The van der Waals surface area contributed by atoms with Crippen molar-refractivity contribution in [3.05, 3.63) is 101 Å². The highest BCUT2D eigenvalue weighted by atomic mass is 32.2. The van der Waals surface area contributed by atoms with Gasteiger partial charge in [-0.15, -0.1) is 0 Å². The average Bonchev–Trinajstić information content (AvgIpc) is 2.99. The molecule has 1 aliphatic rings. The third-order valence-corrected chi connectivity index (χ3v) is 9.36. The Morgan fingerprint density at radius 2 is 1.44 bits per heavy atom. The number of amides is 2. The number of nitrogens with zero attached hydrogens (tertiary/aromatic N) is 2. The Morgan fingerprint density at radius 1 is 0.837 bits per heavy atom. The highest BCUT2D eigenvalue weighted by molar-refractivity contribution is 7.92. The molecule has 1 aliphatic carbocycles. The van der Waals surface area contributed by atoms with Crippen molar-refractivity contribution in [3.63, 3.8) is 0 Å². The SMILES string of the molecule is Cc1ccc(CN(C(=O)CCCN(c2ccc(C)cc2)S(C)(=O)=O)[C@H](Cc2ccccc2)C(=O)NC2CCCCC2)cc1. The molecule has 2 amide bonds. The van der Waals surface area contributed by atoms with Crippen molar-refractivity contribution >= 4 is 27.5 Å². The first kappa shape index (κ1) is 32.3. The molecule has 3 aromatic rings. The highest BCUT2D eigenvalue weighted by Gasteiger charge is 2.32. The second-order valence-corrected chi connectivity index (χ2v) is 13.7. The van der Waals surface area contributed by atoms with Crippen LogP contribution in [0.5, 0.6) is 0 Å².